The minimum atomic E-state index is -4.65. The minimum absolute atomic E-state index is 0.333. The van der Waals surface area contributed by atoms with Crippen LogP contribution in [0.15, 0.2) is 42.5 Å². The molecule has 27 heavy (non-hydrogen) atoms. The van der Waals surface area contributed by atoms with Crippen LogP contribution >= 0.6 is 0 Å². The number of amides is 1. The summed E-state index contributed by atoms with van der Waals surface area (Å²) in [6.45, 7) is 2.74. The van der Waals surface area contributed by atoms with Crippen molar-refractivity contribution in [1.29, 1.82) is 0 Å². The molecule has 1 amide bonds. The van der Waals surface area contributed by atoms with Gasteiger partial charge in [0.2, 0.25) is 15.9 Å². The summed E-state index contributed by atoms with van der Waals surface area (Å²) in [6.07, 6.45) is -3.71. The lowest BCUT2D eigenvalue weighted by atomic mass is 10.1. The number of halogens is 3. The lowest BCUT2D eigenvalue weighted by Gasteiger charge is -2.25. The van der Waals surface area contributed by atoms with Crippen LogP contribution in [0.1, 0.15) is 16.7 Å². The average molecular weight is 400 g/mol. The Hall–Kier alpha value is -2.55. The Morgan fingerprint density at radius 2 is 1.59 bits per heavy atom. The van der Waals surface area contributed by atoms with E-state index in [1.54, 1.807) is 32.0 Å². The fourth-order valence-electron chi connectivity index (χ4n) is 2.72. The van der Waals surface area contributed by atoms with Gasteiger partial charge in [0.15, 0.2) is 0 Å². The molecule has 0 spiro atoms. The number of aryl methyl sites for hydroxylation is 2. The lowest BCUT2D eigenvalue weighted by molar-refractivity contribution is -0.137. The molecule has 0 bridgehead atoms. The number of hydrogen-bond donors (Lipinski definition) is 1. The van der Waals surface area contributed by atoms with Crippen molar-refractivity contribution in [2.45, 2.75) is 20.0 Å². The van der Waals surface area contributed by atoms with Crippen molar-refractivity contribution in [1.82, 2.24) is 0 Å². The summed E-state index contributed by atoms with van der Waals surface area (Å²) in [5, 5.41) is 2.16. The predicted molar refractivity (Wildman–Crippen MR) is 98.2 cm³/mol. The third kappa shape index (κ3) is 5.00. The topological polar surface area (TPSA) is 66.5 Å². The first-order valence-electron chi connectivity index (χ1n) is 7.91. The van der Waals surface area contributed by atoms with Crippen molar-refractivity contribution >= 4 is 27.3 Å². The first kappa shape index (κ1) is 20.8. The molecule has 146 valence electrons. The van der Waals surface area contributed by atoms with Gasteiger partial charge in [0.1, 0.15) is 6.54 Å². The van der Waals surface area contributed by atoms with Gasteiger partial charge in [-0.25, -0.2) is 8.42 Å². The molecule has 1 N–H and O–H groups in total. The Balaban J connectivity index is 2.35. The summed E-state index contributed by atoms with van der Waals surface area (Å²) in [5.41, 5.74) is 0.161. The zero-order valence-corrected chi connectivity index (χ0v) is 15.8. The van der Waals surface area contributed by atoms with Gasteiger partial charge in [0, 0.05) is 0 Å². The van der Waals surface area contributed by atoms with E-state index >= 15 is 0 Å². The highest BCUT2D eigenvalue weighted by molar-refractivity contribution is 7.92. The summed E-state index contributed by atoms with van der Waals surface area (Å²) < 4.78 is 64.5. The molecule has 0 saturated heterocycles. The second-order valence-corrected chi connectivity index (χ2v) is 8.01. The standard InChI is InChI=1S/C18H19F3N2O3S/c1-12-7-6-8-13(2)17(12)23(27(3,25)26)11-16(24)22-15-10-5-4-9-14(15)18(19,20)21/h4-10H,11H2,1-3H3,(H,22,24). The number of hydrogen-bond acceptors (Lipinski definition) is 3. The van der Waals surface area contributed by atoms with Crippen molar-refractivity contribution in [3.8, 4) is 0 Å². The third-order valence-corrected chi connectivity index (χ3v) is 5.00. The quantitative estimate of drug-likeness (QED) is 0.832. The van der Waals surface area contributed by atoms with E-state index in [0.29, 0.717) is 16.8 Å². The minimum Gasteiger partial charge on any atom is -0.324 e. The lowest BCUT2D eigenvalue weighted by Crippen LogP contribution is -2.38. The maximum atomic E-state index is 13.1. The van der Waals surface area contributed by atoms with E-state index in [-0.39, 0.29) is 0 Å². The highest BCUT2D eigenvalue weighted by atomic mass is 32.2. The van der Waals surface area contributed by atoms with Crippen molar-refractivity contribution in [2.24, 2.45) is 0 Å². The molecule has 2 aromatic carbocycles. The van der Waals surface area contributed by atoms with Gasteiger partial charge in [0.25, 0.3) is 0 Å². The van der Waals surface area contributed by atoms with Crippen LogP contribution in [0, 0.1) is 13.8 Å². The van der Waals surface area contributed by atoms with Gasteiger partial charge in [-0.3, -0.25) is 9.10 Å². The first-order valence-corrected chi connectivity index (χ1v) is 9.76. The summed E-state index contributed by atoms with van der Waals surface area (Å²) in [7, 11) is -3.84. The molecule has 0 heterocycles. The molecular formula is C18H19F3N2O3S. The number of benzene rings is 2. The Morgan fingerprint density at radius 3 is 2.11 bits per heavy atom. The number of anilines is 2. The average Bonchev–Trinajstić information content (AvgIpc) is 2.52. The molecule has 0 radical (unpaired) electrons. The van der Waals surface area contributed by atoms with Crippen LogP contribution in [0.25, 0.3) is 0 Å². The van der Waals surface area contributed by atoms with Gasteiger partial charge in [0.05, 0.1) is 23.2 Å². The van der Waals surface area contributed by atoms with E-state index in [2.05, 4.69) is 5.32 Å². The van der Waals surface area contributed by atoms with Crippen molar-refractivity contribution < 1.29 is 26.4 Å². The van der Waals surface area contributed by atoms with Crippen molar-refractivity contribution in [3.05, 3.63) is 59.2 Å². The van der Waals surface area contributed by atoms with Crippen LogP contribution in [0.2, 0.25) is 0 Å². The summed E-state index contributed by atoms with van der Waals surface area (Å²) in [6, 6.07) is 9.64. The highest BCUT2D eigenvalue weighted by Gasteiger charge is 2.34. The number of alkyl halides is 3. The number of carbonyl (C=O) groups is 1. The Kier molecular flexibility index (Phi) is 5.84. The molecule has 0 unspecified atom stereocenters. The molecule has 2 rings (SSSR count). The second-order valence-electron chi connectivity index (χ2n) is 6.10. The van der Waals surface area contributed by atoms with Gasteiger partial charge in [-0.2, -0.15) is 13.2 Å². The molecule has 0 aliphatic rings. The first-order chi connectivity index (χ1) is 12.4. The molecule has 2 aromatic rings. The number of para-hydroxylation sites is 2. The predicted octanol–water partition coefficient (Wildman–Crippen LogP) is 3.73. The van der Waals surface area contributed by atoms with Crippen LogP contribution in [0.5, 0.6) is 0 Å². The summed E-state index contributed by atoms with van der Waals surface area (Å²) in [4.78, 5) is 12.4. The number of nitrogens with zero attached hydrogens (tertiary/aromatic N) is 1. The maximum Gasteiger partial charge on any atom is 0.418 e. The number of nitrogens with one attached hydrogen (secondary N) is 1. The SMILES string of the molecule is Cc1cccc(C)c1N(CC(=O)Nc1ccccc1C(F)(F)F)S(C)(=O)=O. The Labute approximate surface area is 155 Å². The largest absolute Gasteiger partial charge is 0.418 e. The van der Waals surface area contributed by atoms with Crippen LogP contribution in [0.4, 0.5) is 24.5 Å². The monoisotopic (exact) mass is 400 g/mol. The van der Waals surface area contributed by atoms with Gasteiger partial charge in [-0.05, 0) is 37.1 Å². The van der Waals surface area contributed by atoms with E-state index in [4.69, 9.17) is 0 Å². The fraction of sp³-hybridized carbons (Fsp3) is 0.278. The van der Waals surface area contributed by atoms with Crippen LogP contribution in [-0.4, -0.2) is 27.1 Å². The molecule has 0 saturated carbocycles. The van der Waals surface area contributed by atoms with E-state index in [0.717, 1.165) is 22.7 Å². The van der Waals surface area contributed by atoms with E-state index < -0.39 is 39.9 Å². The van der Waals surface area contributed by atoms with Crippen molar-refractivity contribution in [3.63, 3.8) is 0 Å². The van der Waals surface area contributed by atoms with Gasteiger partial charge < -0.3 is 5.32 Å². The molecule has 5 nitrogen and oxygen atoms in total. The maximum absolute atomic E-state index is 13.1. The number of sulfonamides is 1. The molecular weight excluding hydrogens is 381 g/mol. The Morgan fingerprint density at radius 1 is 1.04 bits per heavy atom. The molecule has 0 fully saturated rings. The summed E-state index contributed by atoms with van der Waals surface area (Å²) >= 11 is 0. The van der Waals surface area contributed by atoms with Gasteiger partial charge in [-0.15, -0.1) is 0 Å². The van der Waals surface area contributed by atoms with Crippen LogP contribution in [0.3, 0.4) is 0 Å². The van der Waals surface area contributed by atoms with E-state index in [1.807, 2.05) is 0 Å². The number of rotatable bonds is 5. The van der Waals surface area contributed by atoms with Gasteiger partial charge >= 0.3 is 6.18 Å². The van der Waals surface area contributed by atoms with Crippen LogP contribution in [-0.2, 0) is 21.0 Å². The summed E-state index contributed by atoms with van der Waals surface area (Å²) in [5.74, 6) is -0.875. The second kappa shape index (κ2) is 7.59. The van der Waals surface area contributed by atoms with Gasteiger partial charge in [-0.1, -0.05) is 30.3 Å². The molecule has 0 aromatic heterocycles. The third-order valence-electron chi connectivity index (χ3n) is 3.88. The molecule has 9 heteroatoms. The van der Waals surface area contributed by atoms with Crippen molar-refractivity contribution in [2.75, 3.05) is 22.4 Å². The highest BCUT2D eigenvalue weighted by Crippen LogP contribution is 2.34. The van der Waals surface area contributed by atoms with Crippen LogP contribution < -0.4 is 9.62 Å². The smallest absolute Gasteiger partial charge is 0.324 e. The van der Waals surface area contributed by atoms with E-state index in [9.17, 15) is 26.4 Å². The number of carbonyl (C=O) groups excluding carboxylic acids is 1. The van der Waals surface area contributed by atoms with E-state index in [1.165, 1.54) is 12.1 Å². The zero-order valence-electron chi connectivity index (χ0n) is 15.0. The fourth-order valence-corrected chi connectivity index (χ4v) is 3.69. The molecule has 0 aliphatic heterocycles. The zero-order chi connectivity index (χ0) is 20.4. The Bertz CT molecular complexity index is 936. The molecule has 0 atom stereocenters. The normalized spacial score (nSPS) is 11.9. The molecule has 0 aliphatic carbocycles.